The standard InChI is InChI=1S/C14H9ClF2OS/c15-9-3-1-4-10(7-9)19-8-13(18)14-11(16)5-2-6-12(14)17/h1-7H,8H2. The van der Waals surface area contributed by atoms with Crippen molar-refractivity contribution in [3.8, 4) is 0 Å². The number of hydrogen-bond donors (Lipinski definition) is 0. The monoisotopic (exact) mass is 298 g/mol. The molecule has 0 radical (unpaired) electrons. The van der Waals surface area contributed by atoms with Crippen LogP contribution in [0.5, 0.6) is 0 Å². The lowest BCUT2D eigenvalue weighted by molar-refractivity contribution is 0.101. The van der Waals surface area contributed by atoms with E-state index >= 15 is 0 Å². The number of ketones is 1. The van der Waals surface area contributed by atoms with Crippen LogP contribution in [0.3, 0.4) is 0 Å². The minimum Gasteiger partial charge on any atom is -0.293 e. The van der Waals surface area contributed by atoms with E-state index in [-0.39, 0.29) is 5.75 Å². The van der Waals surface area contributed by atoms with Gasteiger partial charge in [0.15, 0.2) is 5.78 Å². The molecule has 0 atom stereocenters. The molecule has 1 nitrogen and oxygen atoms in total. The van der Waals surface area contributed by atoms with Gasteiger partial charge in [0.2, 0.25) is 0 Å². The zero-order valence-corrected chi connectivity index (χ0v) is 11.3. The molecule has 2 aromatic rings. The Morgan fingerprint density at radius 3 is 2.37 bits per heavy atom. The van der Waals surface area contributed by atoms with Gasteiger partial charge in [-0.3, -0.25) is 4.79 Å². The fraction of sp³-hybridized carbons (Fsp3) is 0.0714. The number of hydrogen-bond acceptors (Lipinski definition) is 2. The van der Waals surface area contributed by atoms with E-state index in [1.165, 1.54) is 17.8 Å². The van der Waals surface area contributed by atoms with Gasteiger partial charge in [0.25, 0.3) is 0 Å². The van der Waals surface area contributed by atoms with Crippen molar-refractivity contribution in [2.24, 2.45) is 0 Å². The Bertz CT molecular complexity index is 596. The van der Waals surface area contributed by atoms with Crippen LogP contribution in [0.15, 0.2) is 47.4 Å². The van der Waals surface area contributed by atoms with E-state index in [0.717, 1.165) is 17.0 Å². The molecular formula is C14H9ClF2OS. The molecular weight excluding hydrogens is 290 g/mol. The van der Waals surface area contributed by atoms with Gasteiger partial charge < -0.3 is 0 Å². The maximum absolute atomic E-state index is 13.4. The Labute approximate surface area is 118 Å². The predicted molar refractivity (Wildman–Crippen MR) is 72.9 cm³/mol. The van der Waals surface area contributed by atoms with E-state index < -0.39 is 23.0 Å². The molecule has 0 aromatic heterocycles. The van der Waals surface area contributed by atoms with Gasteiger partial charge in [-0.25, -0.2) is 8.78 Å². The highest BCUT2D eigenvalue weighted by Gasteiger charge is 2.16. The van der Waals surface area contributed by atoms with Crippen molar-refractivity contribution in [1.82, 2.24) is 0 Å². The molecule has 0 N–H and O–H groups in total. The fourth-order valence-corrected chi connectivity index (χ4v) is 2.62. The van der Waals surface area contributed by atoms with Crippen LogP contribution in [0.1, 0.15) is 10.4 Å². The van der Waals surface area contributed by atoms with Crippen molar-refractivity contribution in [2.75, 3.05) is 5.75 Å². The molecule has 0 amide bonds. The third-order valence-corrected chi connectivity index (χ3v) is 3.64. The van der Waals surface area contributed by atoms with E-state index in [0.29, 0.717) is 5.02 Å². The Morgan fingerprint density at radius 2 is 1.74 bits per heavy atom. The zero-order valence-electron chi connectivity index (χ0n) is 9.70. The smallest absolute Gasteiger partial charge is 0.178 e. The summed E-state index contributed by atoms with van der Waals surface area (Å²) in [7, 11) is 0. The summed E-state index contributed by atoms with van der Waals surface area (Å²) >= 11 is 7.00. The van der Waals surface area contributed by atoms with Crippen molar-refractivity contribution in [3.05, 3.63) is 64.7 Å². The highest BCUT2D eigenvalue weighted by atomic mass is 35.5. The van der Waals surface area contributed by atoms with Gasteiger partial charge in [0.1, 0.15) is 11.6 Å². The SMILES string of the molecule is O=C(CSc1cccc(Cl)c1)c1c(F)cccc1F. The molecule has 98 valence electrons. The minimum atomic E-state index is -0.836. The van der Waals surface area contributed by atoms with E-state index in [9.17, 15) is 13.6 Å². The summed E-state index contributed by atoms with van der Waals surface area (Å²) < 4.78 is 26.8. The van der Waals surface area contributed by atoms with Crippen LogP contribution in [0.25, 0.3) is 0 Å². The van der Waals surface area contributed by atoms with Crippen LogP contribution >= 0.6 is 23.4 Å². The summed E-state index contributed by atoms with van der Waals surface area (Å²) in [5.74, 6) is -2.30. The van der Waals surface area contributed by atoms with Gasteiger partial charge in [-0.15, -0.1) is 11.8 Å². The van der Waals surface area contributed by atoms with E-state index in [1.54, 1.807) is 24.3 Å². The third-order valence-electron chi connectivity index (χ3n) is 2.41. The summed E-state index contributed by atoms with van der Waals surface area (Å²) in [6.07, 6.45) is 0. The number of halogens is 3. The van der Waals surface area contributed by atoms with Gasteiger partial charge in [-0.1, -0.05) is 23.7 Å². The van der Waals surface area contributed by atoms with Gasteiger partial charge in [-0.2, -0.15) is 0 Å². The van der Waals surface area contributed by atoms with Gasteiger partial charge in [0.05, 0.1) is 11.3 Å². The van der Waals surface area contributed by atoms with E-state index in [4.69, 9.17) is 11.6 Å². The molecule has 0 saturated carbocycles. The fourth-order valence-electron chi connectivity index (χ4n) is 1.54. The molecule has 0 unspecified atom stereocenters. The first-order chi connectivity index (χ1) is 9.08. The molecule has 2 aromatic carbocycles. The number of carbonyl (C=O) groups is 1. The lowest BCUT2D eigenvalue weighted by Crippen LogP contribution is -2.08. The molecule has 0 heterocycles. The summed E-state index contributed by atoms with van der Waals surface area (Å²) in [6.45, 7) is 0. The second-order valence-electron chi connectivity index (χ2n) is 3.77. The molecule has 0 bridgehead atoms. The average Bonchev–Trinajstić information content (AvgIpc) is 2.36. The Hall–Kier alpha value is -1.39. The predicted octanol–water partition coefficient (Wildman–Crippen LogP) is 4.59. The Balaban J connectivity index is 2.10. The topological polar surface area (TPSA) is 17.1 Å². The first-order valence-electron chi connectivity index (χ1n) is 5.43. The van der Waals surface area contributed by atoms with Crippen LogP contribution in [0, 0.1) is 11.6 Å². The Morgan fingerprint density at radius 1 is 1.11 bits per heavy atom. The lowest BCUT2D eigenvalue weighted by Gasteiger charge is -2.04. The largest absolute Gasteiger partial charge is 0.293 e. The van der Waals surface area contributed by atoms with Gasteiger partial charge >= 0.3 is 0 Å². The summed E-state index contributed by atoms with van der Waals surface area (Å²) in [5.41, 5.74) is -0.489. The molecule has 5 heteroatoms. The molecule has 0 saturated heterocycles. The number of Topliss-reactive ketones (excluding diaryl/α,β-unsaturated/α-hetero) is 1. The highest BCUT2D eigenvalue weighted by Crippen LogP contribution is 2.23. The lowest BCUT2D eigenvalue weighted by atomic mass is 10.1. The van der Waals surface area contributed by atoms with Gasteiger partial charge in [-0.05, 0) is 30.3 Å². The number of carbonyl (C=O) groups excluding carboxylic acids is 1. The molecule has 0 aliphatic rings. The molecule has 19 heavy (non-hydrogen) atoms. The van der Waals surface area contributed by atoms with Crippen molar-refractivity contribution in [3.63, 3.8) is 0 Å². The van der Waals surface area contributed by atoms with Gasteiger partial charge in [0, 0.05) is 9.92 Å². The maximum atomic E-state index is 13.4. The van der Waals surface area contributed by atoms with Crippen LogP contribution < -0.4 is 0 Å². The van der Waals surface area contributed by atoms with E-state index in [1.807, 2.05) is 0 Å². The third kappa shape index (κ3) is 3.55. The summed E-state index contributed by atoms with van der Waals surface area (Å²) in [4.78, 5) is 12.6. The molecule has 0 aliphatic heterocycles. The van der Waals surface area contributed by atoms with Crippen molar-refractivity contribution in [2.45, 2.75) is 4.90 Å². The number of rotatable bonds is 4. The van der Waals surface area contributed by atoms with Crippen molar-refractivity contribution in [1.29, 1.82) is 0 Å². The highest BCUT2D eigenvalue weighted by molar-refractivity contribution is 8.00. The average molecular weight is 299 g/mol. The summed E-state index contributed by atoms with van der Waals surface area (Å²) in [5, 5.41) is 0.550. The second-order valence-corrected chi connectivity index (χ2v) is 5.25. The van der Waals surface area contributed by atoms with Crippen LogP contribution in [-0.2, 0) is 0 Å². The first kappa shape index (κ1) is 14.0. The Kier molecular flexibility index (Phi) is 4.56. The molecule has 0 fully saturated rings. The van der Waals surface area contributed by atoms with E-state index in [2.05, 4.69) is 0 Å². The molecule has 0 spiro atoms. The normalized spacial score (nSPS) is 10.5. The van der Waals surface area contributed by atoms with Crippen LogP contribution in [-0.4, -0.2) is 11.5 Å². The van der Waals surface area contributed by atoms with Crippen molar-refractivity contribution >= 4 is 29.1 Å². The molecule has 0 aliphatic carbocycles. The van der Waals surface area contributed by atoms with Crippen LogP contribution in [0.4, 0.5) is 8.78 Å². The number of benzene rings is 2. The van der Waals surface area contributed by atoms with Crippen LogP contribution in [0.2, 0.25) is 5.02 Å². The second kappa shape index (κ2) is 6.17. The maximum Gasteiger partial charge on any atom is 0.178 e. The summed E-state index contributed by atoms with van der Waals surface area (Å²) in [6, 6.07) is 10.3. The minimum absolute atomic E-state index is 0.0435. The zero-order chi connectivity index (χ0) is 13.8. The molecule has 2 rings (SSSR count). The number of thioether (sulfide) groups is 1. The first-order valence-corrected chi connectivity index (χ1v) is 6.80. The van der Waals surface area contributed by atoms with Crippen molar-refractivity contribution < 1.29 is 13.6 Å². The quantitative estimate of drug-likeness (QED) is 0.606.